The summed E-state index contributed by atoms with van der Waals surface area (Å²) in [6, 6.07) is 11.3. The lowest BCUT2D eigenvalue weighted by molar-refractivity contribution is -0.137. The van der Waals surface area contributed by atoms with Crippen molar-refractivity contribution in [3.8, 4) is 0 Å². The van der Waals surface area contributed by atoms with E-state index in [0.29, 0.717) is 16.1 Å². The van der Waals surface area contributed by atoms with E-state index >= 15 is 0 Å². The molecule has 0 radical (unpaired) electrons. The molecule has 106 valence electrons. The molecule has 0 heterocycles. The van der Waals surface area contributed by atoms with Gasteiger partial charge in [-0.3, -0.25) is 4.21 Å². The Kier molecular flexibility index (Phi) is 4.13. The molecule has 1 atom stereocenters. The number of nitrogens with two attached hydrogens (primary N) is 1. The molecule has 2 aromatic rings. The maximum atomic E-state index is 12.4. The third-order valence-electron chi connectivity index (χ3n) is 2.70. The molecule has 0 amide bonds. The molecular formula is C14H12F3NOS. The van der Waals surface area contributed by atoms with Crippen molar-refractivity contribution in [3.05, 3.63) is 59.7 Å². The Morgan fingerprint density at radius 3 is 2.25 bits per heavy atom. The lowest BCUT2D eigenvalue weighted by Gasteiger charge is -2.08. The first-order chi connectivity index (χ1) is 9.36. The maximum absolute atomic E-state index is 12.4. The van der Waals surface area contributed by atoms with Crippen LogP contribution in [0.4, 0.5) is 18.9 Å². The van der Waals surface area contributed by atoms with Crippen LogP contribution < -0.4 is 5.73 Å². The van der Waals surface area contributed by atoms with Crippen molar-refractivity contribution in [2.45, 2.75) is 16.8 Å². The average Bonchev–Trinajstić information content (AvgIpc) is 2.38. The second-order valence-corrected chi connectivity index (χ2v) is 5.71. The zero-order valence-electron chi connectivity index (χ0n) is 10.4. The summed E-state index contributed by atoms with van der Waals surface area (Å²) in [4.78, 5) is 0.560. The predicted octanol–water partition coefficient (Wildman–Crippen LogP) is 3.60. The quantitative estimate of drug-likeness (QED) is 0.880. The Labute approximate surface area is 116 Å². The first kappa shape index (κ1) is 14.6. The summed E-state index contributed by atoms with van der Waals surface area (Å²) < 4.78 is 49.3. The lowest BCUT2D eigenvalue weighted by Crippen LogP contribution is -2.05. The molecule has 2 nitrogen and oxygen atoms in total. The molecule has 6 heteroatoms. The Bertz CT molecular complexity index is 623. The van der Waals surface area contributed by atoms with Gasteiger partial charge in [-0.2, -0.15) is 13.2 Å². The topological polar surface area (TPSA) is 43.1 Å². The first-order valence-corrected chi connectivity index (χ1v) is 7.08. The Hall–Kier alpha value is -1.82. The van der Waals surface area contributed by atoms with E-state index in [4.69, 9.17) is 5.73 Å². The minimum absolute atomic E-state index is 0.154. The molecule has 0 spiro atoms. The van der Waals surface area contributed by atoms with Crippen LogP contribution in [0.2, 0.25) is 0 Å². The van der Waals surface area contributed by atoms with Crippen LogP contribution in [0.25, 0.3) is 0 Å². The van der Waals surface area contributed by atoms with Gasteiger partial charge < -0.3 is 5.73 Å². The van der Waals surface area contributed by atoms with Crippen molar-refractivity contribution in [1.82, 2.24) is 0 Å². The number of rotatable bonds is 3. The third-order valence-corrected chi connectivity index (χ3v) is 4.08. The molecule has 2 N–H and O–H groups in total. The van der Waals surface area contributed by atoms with E-state index in [1.807, 2.05) is 0 Å². The van der Waals surface area contributed by atoms with E-state index in [9.17, 15) is 17.4 Å². The van der Waals surface area contributed by atoms with Gasteiger partial charge in [0.1, 0.15) is 0 Å². The number of hydrogen-bond acceptors (Lipinski definition) is 2. The van der Waals surface area contributed by atoms with E-state index in [1.165, 1.54) is 12.1 Å². The molecular weight excluding hydrogens is 287 g/mol. The summed E-state index contributed by atoms with van der Waals surface area (Å²) in [7, 11) is -1.33. The van der Waals surface area contributed by atoms with Crippen LogP contribution in [-0.2, 0) is 22.7 Å². The zero-order valence-corrected chi connectivity index (χ0v) is 11.2. The fourth-order valence-corrected chi connectivity index (χ4v) is 2.84. The normalized spacial score (nSPS) is 13.2. The first-order valence-electron chi connectivity index (χ1n) is 5.76. The van der Waals surface area contributed by atoms with E-state index in [2.05, 4.69) is 0 Å². The van der Waals surface area contributed by atoms with Gasteiger partial charge in [0.05, 0.1) is 22.1 Å². The minimum Gasteiger partial charge on any atom is -0.399 e. The van der Waals surface area contributed by atoms with Crippen LogP contribution in [0.15, 0.2) is 53.4 Å². The van der Waals surface area contributed by atoms with Crippen molar-refractivity contribution < 1.29 is 17.4 Å². The second-order valence-electron chi connectivity index (χ2n) is 4.26. The van der Waals surface area contributed by atoms with Gasteiger partial charge in [0.15, 0.2) is 0 Å². The zero-order chi connectivity index (χ0) is 14.8. The summed E-state index contributed by atoms with van der Waals surface area (Å²) in [6.07, 6.45) is -4.36. The van der Waals surface area contributed by atoms with Gasteiger partial charge in [-0.15, -0.1) is 0 Å². The van der Waals surface area contributed by atoms with Gasteiger partial charge in [-0.05, 0) is 35.9 Å². The summed E-state index contributed by atoms with van der Waals surface area (Å²) in [6.45, 7) is 0. The number of benzene rings is 2. The number of anilines is 1. The fraction of sp³-hybridized carbons (Fsp3) is 0.143. The number of nitrogen functional groups attached to an aromatic ring is 1. The van der Waals surface area contributed by atoms with Crippen LogP contribution in [0.1, 0.15) is 11.1 Å². The summed E-state index contributed by atoms with van der Waals surface area (Å²) in [5.74, 6) is 0.154. The summed E-state index contributed by atoms with van der Waals surface area (Å²) in [5, 5.41) is 0. The largest absolute Gasteiger partial charge is 0.416 e. The third kappa shape index (κ3) is 3.60. The molecule has 0 aliphatic carbocycles. The van der Waals surface area contributed by atoms with Gasteiger partial charge in [-0.1, -0.05) is 18.2 Å². The van der Waals surface area contributed by atoms with Crippen molar-refractivity contribution in [3.63, 3.8) is 0 Å². The highest BCUT2D eigenvalue weighted by atomic mass is 32.2. The Morgan fingerprint density at radius 2 is 1.70 bits per heavy atom. The smallest absolute Gasteiger partial charge is 0.399 e. The van der Waals surface area contributed by atoms with Gasteiger partial charge >= 0.3 is 6.18 Å². The van der Waals surface area contributed by atoms with Crippen molar-refractivity contribution >= 4 is 16.5 Å². The molecule has 0 aromatic heterocycles. The molecule has 2 rings (SSSR count). The van der Waals surface area contributed by atoms with Crippen molar-refractivity contribution in [2.24, 2.45) is 0 Å². The molecule has 0 fully saturated rings. The Morgan fingerprint density at radius 1 is 1.05 bits per heavy atom. The molecule has 0 aliphatic rings. The molecule has 0 bridgehead atoms. The van der Waals surface area contributed by atoms with Crippen LogP contribution in [0.5, 0.6) is 0 Å². The van der Waals surface area contributed by atoms with Gasteiger partial charge in [0.2, 0.25) is 0 Å². The highest BCUT2D eigenvalue weighted by molar-refractivity contribution is 7.84. The maximum Gasteiger partial charge on any atom is 0.416 e. The van der Waals surface area contributed by atoms with E-state index in [0.717, 1.165) is 12.1 Å². The second kappa shape index (κ2) is 5.66. The van der Waals surface area contributed by atoms with Crippen molar-refractivity contribution in [2.75, 3.05) is 5.73 Å². The highest BCUT2D eigenvalue weighted by Crippen LogP contribution is 2.29. The Balaban J connectivity index is 2.12. The van der Waals surface area contributed by atoms with Crippen LogP contribution in [0.3, 0.4) is 0 Å². The number of halogens is 3. The molecule has 0 aliphatic heterocycles. The van der Waals surface area contributed by atoms with Crippen LogP contribution in [0, 0.1) is 0 Å². The predicted molar refractivity (Wildman–Crippen MR) is 72.4 cm³/mol. The molecule has 2 aromatic carbocycles. The molecule has 0 saturated carbocycles. The van der Waals surface area contributed by atoms with Crippen LogP contribution >= 0.6 is 0 Å². The SMILES string of the molecule is Nc1cccc(S(=O)Cc2ccc(C(F)(F)F)cc2)c1. The average molecular weight is 299 g/mol. The van der Waals surface area contributed by atoms with Gasteiger partial charge in [0, 0.05) is 10.6 Å². The number of alkyl halides is 3. The molecule has 0 saturated heterocycles. The monoisotopic (exact) mass is 299 g/mol. The van der Waals surface area contributed by atoms with E-state index in [-0.39, 0.29) is 5.75 Å². The van der Waals surface area contributed by atoms with Gasteiger partial charge in [0.25, 0.3) is 0 Å². The van der Waals surface area contributed by atoms with Gasteiger partial charge in [-0.25, -0.2) is 0 Å². The fourth-order valence-electron chi connectivity index (χ4n) is 1.68. The lowest BCUT2D eigenvalue weighted by atomic mass is 10.1. The summed E-state index contributed by atoms with van der Waals surface area (Å²) in [5.41, 5.74) is 5.97. The number of hydrogen-bond donors (Lipinski definition) is 1. The highest BCUT2D eigenvalue weighted by Gasteiger charge is 2.29. The van der Waals surface area contributed by atoms with Crippen molar-refractivity contribution in [1.29, 1.82) is 0 Å². The van der Waals surface area contributed by atoms with Crippen LogP contribution in [-0.4, -0.2) is 4.21 Å². The molecule has 20 heavy (non-hydrogen) atoms. The minimum atomic E-state index is -4.36. The van der Waals surface area contributed by atoms with E-state index < -0.39 is 22.5 Å². The van der Waals surface area contributed by atoms with E-state index in [1.54, 1.807) is 24.3 Å². The standard InChI is InChI=1S/C14H12F3NOS/c15-14(16,17)11-6-4-10(5-7-11)9-20(19)13-3-1-2-12(18)8-13/h1-8H,9,18H2. The molecule has 1 unspecified atom stereocenters. The summed E-state index contributed by atoms with van der Waals surface area (Å²) >= 11 is 0.